The van der Waals surface area contributed by atoms with E-state index in [1.807, 2.05) is 12.1 Å². The van der Waals surface area contributed by atoms with Crippen molar-refractivity contribution in [2.75, 3.05) is 20.1 Å². The summed E-state index contributed by atoms with van der Waals surface area (Å²) in [6.07, 6.45) is 0. The Bertz CT molecular complexity index is 571. The Morgan fingerprint density at radius 1 is 1.30 bits per heavy atom. The number of nitrogens with one attached hydrogen (secondary N) is 1. The molecule has 110 valence electrons. The van der Waals surface area contributed by atoms with Crippen molar-refractivity contribution >= 4 is 26.9 Å². The zero-order valence-corrected chi connectivity index (χ0v) is 14.3. The lowest BCUT2D eigenvalue weighted by atomic mass is 10.1. The maximum absolute atomic E-state index is 5.91. The maximum Gasteiger partial charge on any atom is 0.148 e. The average molecular weight is 339 g/mol. The van der Waals surface area contributed by atoms with E-state index in [1.54, 1.807) is 0 Å². The number of benzene rings is 1. The van der Waals surface area contributed by atoms with E-state index in [9.17, 15) is 0 Å². The molecule has 0 saturated heterocycles. The van der Waals surface area contributed by atoms with E-state index in [1.165, 1.54) is 0 Å². The molecule has 2 aromatic rings. The minimum absolute atomic E-state index is 0.172. The van der Waals surface area contributed by atoms with Crippen molar-refractivity contribution in [2.45, 2.75) is 32.9 Å². The van der Waals surface area contributed by atoms with Crippen LogP contribution in [0.2, 0.25) is 0 Å². The summed E-state index contributed by atoms with van der Waals surface area (Å²) >= 11 is 3.52. The van der Waals surface area contributed by atoms with Gasteiger partial charge in [-0.2, -0.15) is 0 Å². The van der Waals surface area contributed by atoms with Gasteiger partial charge in [-0.25, -0.2) is 0 Å². The number of fused-ring (bicyclic) bond motifs is 1. The van der Waals surface area contributed by atoms with Crippen LogP contribution >= 0.6 is 15.9 Å². The summed E-state index contributed by atoms with van der Waals surface area (Å²) < 4.78 is 6.92. The predicted molar refractivity (Wildman–Crippen MR) is 88.0 cm³/mol. The van der Waals surface area contributed by atoms with E-state index in [4.69, 9.17) is 4.42 Å². The third kappa shape index (κ3) is 4.33. The van der Waals surface area contributed by atoms with Crippen LogP contribution in [0, 0.1) is 0 Å². The van der Waals surface area contributed by atoms with Gasteiger partial charge in [-0.3, -0.25) is 4.90 Å². The smallest absolute Gasteiger partial charge is 0.148 e. The highest BCUT2D eigenvalue weighted by atomic mass is 79.9. The largest absolute Gasteiger partial charge is 0.459 e. The third-order valence-electron chi connectivity index (χ3n) is 3.12. The summed E-state index contributed by atoms with van der Waals surface area (Å²) in [6.45, 7) is 9.35. The monoisotopic (exact) mass is 338 g/mol. The number of hydrogen-bond acceptors (Lipinski definition) is 3. The molecule has 1 aromatic heterocycles. The number of likely N-dealkylation sites (N-methyl/N-ethyl adjacent to an activating group) is 1. The molecule has 1 heterocycles. The first-order valence-electron chi connectivity index (χ1n) is 6.96. The molecular formula is C16H23BrN2O. The second-order valence-electron chi connectivity index (χ2n) is 6.29. The first kappa shape index (κ1) is 15.5. The fraction of sp³-hybridized carbons (Fsp3) is 0.500. The van der Waals surface area contributed by atoms with Gasteiger partial charge in [0.2, 0.25) is 0 Å². The molecule has 0 aliphatic heterocycles. The molecule has 0 bridgehead atoms. The van der Waals surface area contributed by atoms with Crippen molar-refractivity contribution in [2.24, 2.45) is 0 Å². The van der Waals surface area contributed by atoms with Crippen LogP contribution in [0.4, 0.5) is 0 Å². The first-order chi connectivity index (χ1) is 9.35. The molecule has 0 amide bonds. The van der Waals surface area contributed by atoms with Crippen molar-refractivity contribution in [1.29, 1.82) is 0 Å². The van der Waals surface area contributed by atoms with E-state index in [2.05, 4.69) is 66.1 Å². The Labute approximate surface area is 129 Å². The minimum atomic E-state index is 0.172. The molecule has 4 heteroatoms. The molecule has 0 radical (unpaired) electrons. The van der Waals surface area contributed by atoms with Gasteiger partial charge in [-0.15, -0.1) is 0 Å². The molecule has 2 rings (SSSR count). The van der Waals surface area contributed by atoms with Gasteiger partial charge in [0.15, 0.2) is 0 Å². The standard InChI is InChI=1S/C16H23BrN2O/c1-16(2,3)18-8-9-19(4)11-13-10-12-6-5-7-14(17)15(12)20-13/h5-7,10,18H,8-9,11H2,1-4H3. The summed E-state index contributed by atoms with van der Waals surface area (Å²) in [4.78, 5) is 2.27. The number of furan rings is 1. The van der Waals surface area contributed by atoms with Crippen LogP contribution in [0.25, 0.3) is 11.0 Å². The Balaban J connectivity index is 1.93. The van der Waals surface area contributed by atoms with Gasteiger partial charge < -0.3 is 9.73 Å². The van der Waals surface area contributed by atoms with E-state index in [-0.39, 0.29) is 5.54 Å². The maximum atomic E-state index is 5.91. The number of hydrogen-bond donors (Lipinski definition) is 1. The van der Waals surface area contributed by atoms with Crippen LogP contribution in [0.1, 0.15) is 26.5 Å². The Morgan fingerprint density at radius 3 is 2.70 bits per heavy atom. The normalized spacial score (nSPS) is 12.5. The van der Waals surface area contributed by atoms with E-state index in [0.29, 0.717) is 0 Å². The fourth-order valence-electron chi connectivity index (χ4n) is 2.13. The van der Waals surface area contributed by atoms with Crippen molar-refractivity contribution in [1.82, 2.24) is 10.2 Å². The molecule has 20 heavy (non-hydrogen) atoms. The average Bonchev–Trinajstić information content (AvgIpc) is 2.71. The molecule has 0 atom stereocenters. The molecule has 1 aromatic carbocycles. The Hall–Kier alpha value is -0.840. The van der Waals surface area contributed by atoms with Gasteiger partial charge in [0.05, 0.1) is 11.0 Å². The quantitative estimate of drug-likeness (QED) is 0.892. The Morgan fingerprint density at radius 2 is 2.05 bits per heavy atom. The molecule has 0 saturated carbocycles. The van der Waals surface area contributed by atoms with Gasteiger partial charge in [0, 0.05) is 24.0 Å². The highest BCUT2D eigenvalue weighted by Crippen LogP contribution is 2.27. The Kier molecular flexibility index (Phi) is 4.89. The number of para-hydroxylation sites is 1. The number of nitrogens with zero attached hydrogens (tertiary/aromatic N) is 1. The second kappa shape index (κ2) is 6.29. The van der Waals surface area contributed by atoms with Crippen LogP contribution in [-0.4, -0.2) is 30.6 Å². The molecule has 1 N–H and O–H groups in total. The lowest BCUT2D eigenvalue weighted by Crippen LogP contribution is -2.40. The van der Waals surface area contributed by atoms with Gasteiger partial charge in [0.25, 0.3) is 0 Å². The number of rotatable bonds is 5. The SMILES string of the molecule is CN(CCNC(C)(C)C)Cc1cc2cccc(Br)c2o1. The van der Waals surface area contributed by atoms with Crippen molar-refractivity contribution in [3.05, 3.63) is 34.5 Å². The highest BCUT2D eigenvalue weighted by Gasteiger charge is 2.11. The van der Waals surface area contributed by atoms with Crippen LogP contribution in [0.5, 0.6) is 0 Å². The summed E-state index contributed by atoms with van der Waals surface area (Å²) in [6, 6.07) is 8.23. The third-order valence-corrected chi connectivity index (χ3v) is 3.75. The van der Waals surface area contributed by atoms with Crippen molar-refractivity contribution < 1.29 is 4.42 Å². The van der Waals surface area contributed by atoms with E-state index in [0.717, 1.165) is 40.8 Å². The van der Waals surface area contributed by atoms with Crippen LogP contribution in [-0.2, 0) is 6.54 Å². The summed E-state index contributed by atoms with van der Waals surface area (Å²) in [7, 11) is 2.12. The van der Waals surface area contributed by atoms with Crippen LogP contribution < -0.4 is 5.32 Å². The van der Waals surface area contributed by atoms with E-state index >= 15 is 0 Å². The molecule has 0 unspecified atom stereocenters. The highest BCUT2D eigenvalue weighted by molar-refractivity contribution is 9.10. The van der Waals surface area contributed by atoms with Gasteiger partial charge in [0.1, 0.15) is 11.3 Å². The molecule has 3 nitrogen and oxygen atoms in total. The lowest BCUT2D eigenvalue weighted by molar-refractivity contribution is 0.283. The number of halogens is 1. The fourth-order valence-corrected chi connectivity index (χ4v) is 2.59. The zero-order chi connectivity index (χ0) is 14.8. The topological polar surface area (TPSA) is 28.4 Å². The lowest BCUT2D eigenvalue weighted by Gasteiger charge is -2.23. The van der Waals surface area contributed by atoms with Crippen LogP contribution in [0.3, 0.4) is 0 Å². The zero-order valence-electron chi connectivity index (χ0n) is 12.7. The predicted octanol–water partition coefficient (Wildman–Crippen LogP) is 4.02. The molecule has 0 spiro atoms. The molecule has 0 aliphatic carbocycles. The summed E-state index contributed by atoms with van der Waals surface area (Å²) in [5, 5.41) is 4.64. The summed E-state index contributed by atoms with van der Waals surface area (Å²) in [5.41, 5.74) is 1.11. The minimum Gasteiger partial charge on any atom is -0.459 e. The molecular weight excluding hydrogens is 316 g/mol. The molecule has 0 fully saturated rings. The van der Waals surface area contributed by atoms with Crippen molar-refractivity contribution in [3.63, 3.8) is 0 Å². The van der Waals surface area contributed by atoms with Gasteiger partial charge in [-0.05, 0) is 55.9 Å². The summed E-state index contributed by atoms with van der Waals surface area (Å²) in [5.74, 6) is 1.00. The van der Waals surface area contributed by atoms with Crippen LogP contribution in [0.15, 0.2) is 33.2 Å². The van der Waals surface area contributed by atoms with Gasteiger partial charge in [-0.1, -0.05) is 12.1 Å². The second-order valence-corrected chi connectivity index (χ2v) is 7.14. The first-order valence-corrected chi connectivity index (χ1v) is 7.75. The van der Waals surface area contributed by atoms with E-state index < -0.39 is 0 Å². The molecule has 0 aliphatic rings. The van der Waals surface area contributed by atoms with Gasteiger partial charge >= 0.3 is 0 Å². The van der Waals surface area contributed by atoms with Crippen molar-refractivity contribution in [3.8, 4) is 0 Å².